The molecular formula is C21H31N3O4. The molecule has 0 radical (unpaired) electrons. The molecule has 1 saturated heterocycles. The van der Waals surface area contributed by atoms with Crippen LogP contribution in [0.15, 0.2) is 30.3 Å². The van der Waals surface area contributed by atoms with Gasteiger partial charge in [0.15, 0.2) is 0 Å². The fraction of sp³-hybridized carbons (Fsp3) is 0.619. The molecule has 0 unspecified atom stereocenters. The summed E-state index contributed by atoms with van der Waals surface area (Å²) in [6, 6.07) is 10.3. The van der Waals surface area contributed by atoms with E-state index in [2.05, 4.69) is 10.2 Å². The lowest BCUT2D eigenvalue weighted by atomic mass is 9.85. The molecule has 28 heavy (non-hydrogen) atoms. The van der Waals surface area contributed by atoms with Crippen LogP contribution in [0.2, 0.25) is 0 Å². The molecule has 2 fully saturated rings. The summed E-state index contributed by atoms with van der Waals surface area (Å²) in [6.07, 6.45) is 1.26. The largest absolute Gasteiger partial charge is 0.445 e. The molecular weight excluding hydrogens is 358 g/mol. The Morgan fingerprint density at radius 1 is 1.07 bits per heavy atom. The number of carbonyl (C=O) groups excluding carboxylic acids is 2. The molecule has 1 aromatic rings. The fourth-order valence-electron chi connectivity index (χ4n) is 3.56. The summed E-state index contributed by atoms with van der Waals surface area (Å²) in [5, 5.41) is 2.93. The molecule has 2 aliphatic rings. The second kappa shape index (κ2) is 8.82. The number of piperazine rings is 1. The first-order chi connectivity index (χ1) is 13.3. The Morgan fingerprint density at radius 2 is 1.71 bits per heavy atom. The summed E-state index contributed by atoms with van der Waals surface area (Å²) < 4.78 is 10.7. The molecule has 1 aliphatic carbocycles. The summed E-state index contributed by atoms with van der Waals surface area (Å²) in [5.41, 5.74) is 0.520. The van der Waals surface area contributed by atoms with Crippen molar-refractivity contribution in [1.82, 2.24) is 15.1 Å². The predicted octanol–water partition coefficient (Wildman–Crippen LogP) is 3.00. The quantitative estimate of drug-likeness (QED) is 0.857. The molecule has 1 aromatic carbocycles. The van der Waals surface area contributed by atoms with E-state index in [0.29, 0.717) is 25.7 Å². The van der Waals surface area contributed by atoms with Gasteiger partial charge in [-0.3, -0.25) is 4.90 Å². The Labute approximate surface area is 167 Å². The van der Waals surface area contributed by atoms with Crippen molar-refractivity contribution < 1.29 is 19.1 Å². The normalized spacial score (nSPS) is 22.9. The first-order valence-electron chi connectivity index (χ1n) is 9.99. The first kappa shape index (κ1) is 20.5. The van der Waals surface area contributed by atoms with Gasteiger partial charge in [-0.05, 0) is 39.2 Å². The molecule has 154 valence electrons. The van der Waals surface area contributed by atoms with Crippen LogP contribution in [0.5, 0.6) is 0 Å². The van der Waals surface area contributed by atoms with Gasteiger partial charge in [0.05, 0.1) is 0 Å². The number of carbonyl (C=O) groups is 2. The Balaban J connectivity index is 1.33. The first-order valence-corrected chi connectivity index (χ1v) is 9.99. The summed E-state index contributed by atoms with van der Waals surface area (Å²) in [4.78, 5) is 28.2. The molecule has 1 N–H and O–H groups in total. The summed E-state index contributed by atoms with van der Waals surface area (Å²) in [5.74, 6) is 0. The number of alkyl carbamates (subject to hydrolysis) is 1. The fourth-order valence-corrected chi connectivity index (χ4v) is 3.56. The van der Waals surface area contributed by atoms with Crippen LogP contribution in [0.1, 0.15) is 39.2 Å². The third-order valence-corrected chi connectivity index (χ3v) is 5.13. The maximum absolute atomic E-state index is 12.2. The van der Waals surface area contributed by atoms with E-state index >= 15 is 0 Å². The topological polar surface area (TPSA) is 71.1 Å². The van der Waals surface area contributed by atoms with Gasteiger partial charge in [0.2, 0.25) is 0 Å². The van der Waals surface area contributed by atoms with Crippen molar-refractivity contribution >= 4 is 12.2 Å². The maximum atomic E-state index is 12.2. The Morgan fingerprint density at radius 3 is 2.32 bits per heavy atom. The van der Waals surface area contributed by atoms with E-state index in [1.807, 2.05) is 51.1 Å². The van der Waals surface area contributed by atoms with Crippen molar-refractivity contribution in [1.29, 1.82) is 0 Å². The lowest BCUT2D eigenvalue weighted by Crippen LogP contribution is -2.59. The molecule has 1 saturated carbocycles. The van der Waals surface area contributed by atoms with Gasteiger partial charge in [0.1, 0.15) is 12.2 Å². The molecule has 0 spiro atoms. The van der Waals surface area contributed by atoms with Crippen molar-refractivity contribution in [3.63, 3.8) is 0 Å². The highest BCUT2D eigenvalue weighted by atomic mass is 16.6. The van der Waals surface area contributed by atoms with E-state index in [1.165, 1.54) is 0 Å². The molecule has 2 amide bonds. The highest BCUT2D eigenvalue weighted by Gasteiger charge is 2.37. The van der Waals surface area contributed by atoms with E-state index in [-0.39, 0.29) is 18.2 Å². The van der Waals surface area contributed by atoms with Crippen molar-refractivity contribution in [3.05, 3.63) is 35.9 Å². The Kier molecular flexibility index (Phi) is 6.44. The van der Waals surface area contributed by atoms with Crippen LogP contribution in [0, 0.1) is 0 Å². The zero-order chi connectivity index (χ0) is 20.1. The van der Waals surface area contributed by atoms with Crippen LogP contribution >= 0.6 is 0 Å². The van der Waals surface area contributed by atoms with Gasteiger partial charge in [-0.1, -0.05) is 30.3 Å². The Hall–Kier alpha value is -2.28. The van der Waals surface area contributed by atoms with Gasteiger partial charge in [-0.15, -0.1) is 0 Å². The molecule has 1 heterocycles. The molecule has 0 aromatic heterocycles. The monoisotopic (exact) mass is 389 g/mol. The van der Waals surface area contributed by atoms with Crippen molar-refractivity contribution in [2.45, 2.75) is 57.9 Å². The number of hydrogen-bond acceptors (Lipinski definition) is 5. The minimum absolute atomic E-state index is 0.175. The summed E-state index contributed by atoms with van der Waals surface area (Å²) >= 11 is 0. The number of nitrogens with zero attached hydrogens (tertiary/aromatic N) is 2. The second-order valence-electron chi connectivity index (χ2n) is 8.53. The molecule has 1 aliphatic heterocycles. The number of hydrogen-bond donors (Lipinski definition) is 1. The van der Waals surface area contributed by atoms with E-state index in [0.717, 1.165) is 31.5 Å². The smallest absolute Gasteiger partial charge is 0.410 e. The standard InChI is InChI=1S/C21H31N3O4/c1-21(2,3)28-19(25)22-17-13-18(14-17)23-9-11-24(12-10-23)20(26)27-15-16-7-5-4-6-8-16/h4-8,17-18H,9-15H2,1-3H3,(H,22,25)/t17-,18+. The van der Waals surface area contributed by atoms with E-state index in [9.17, 15) is 9.59 Å². The SMILES string of the molecule is CC(C)(C)OC(=O)N[C@H]1C[C@@H](N2CCN(C(=O)OCc3ccccc3)CC2)C1. The van der Waals surface area contributed by atoms with Crippen molar-refractivity contribution in [3.8, 4) is 0 Å². The Bertz CT molecular complexity index is 660. The average Bonchev–Trinajstić information content (AvgIpc) is 2.62. The van der Waals surface area contributed by atoms with Crippen molar-refractivity contribution in [2.24, 2.45) is 0 Å². The summed E-state index contributed by atoms with van der Waals surface area (Å²) in [7, 11) is 0. The summed E-state index contributed by atoms with van der Waals surface area (Å²) in [6.45, 7) is 8.92. The van der Waals surface area contributed by atoms with Gasteiger partial charge in [0, 0.05) is 38.3 Å². The molecule has 7 heteroatoms. The van der Waals surface area contributed by atoms with E-state index in [1.54, 1.807) is 4.90 Å². The molecule has 7 nitrogen and oxygen atoms in total. The van der Waals surface area contributed by atoms with Crippen LogP contribution in [0.25, 0.3) is 0 Å². The van der Waals surface area contributed by atoms with Crippen LogP contribution in [-0.4, -0.2) is 65.9 Å². The number of ether oxygens (including phenoxy) is 2. The number of amides is 2. The number of nitrogens with one attached hydrogen (secondary N) is 1. The van der Waals surface area contributed by atoms with Gasteiger partial charge >= 0.3 is 12.2 Å². The third kappa shape index (κ3) is 5.86. The maximum Gasteiger partial charge on any atom is 0.410 e. The minimum Gasteiger partial charge on any atom is -0.445 e. The van der Waals surface area contributed by atoms with Gasteiger partial charge in [0.25, 0.3) is 0 Å². The minimum atomic E-state index is -0.474. The molecule has 3 rings (SSSR count). The highest BCUT2D eigenvalue weighted by Crippen LogP contribution is 2.27. The number of benzene rings is 1. The second-order valence-corrected chi connectivity index (χ2v) is 8.53. The van der Waals surface area contributed by atoms with Gasteiger partial charge < -0.3 is 19.7 Å². The van der Waals surface area contributed by atoms with Crippen LogP contribution < -0.4 is 5.32 Å². The van der Waals surface area contributed by atoms with Gasteiger partial charge in [-0.2, -0.15) is 0 Å². The number of rotatable bonds is 4. The van der Waals surface area contributed by atoms with Crippen molar-refractivity contribution in [2.75, 3.05) is 26.2 Å². The lowest BCUT2D eigenvalue weighted by Gasteiger charge is -2.46. The van der Waals surface area contributed by atoms with Gasteiger partial charge in [-0.25, -0.2) is 9.59 Å². The van der Waals surface area contributed by atoms with Crippen LogP contribution in [0.4, 0.5) is 9.59 Å². The van der Waals surface area contributed by atoms with Crippen LogP contribution in [0.3, 0.4) is 0 Å². The molecule has 0 atom stereocenters. The van der Waals surface area contributed by atoms with E-state index < -0.39 is 5.60 Å². The highest BCUT2D eigenvalue weighted by molar-refractivity contribution is 5.68. The predicted molar refractivity (Wildman–Crippen MR) is 106 cm³/mol. The third-order valence-electron chi connectivity index (χ3n) is 5.13. The molecule has 0 bridgehead atoms. The van der Waals surface area contributed by atoms with Crippen LogP contribution in [-0.2, 0) is 16.1 Å². The average molecular weight is 389 g/mol. The zero-order valence-corrected chi connectivity index (χ0v) is 17.0. The van der Waals surface area contributed by atoms with E-state index in [4.69, 9.17) is 9.47 Å². The lowest BCUT2D eigenvalue weighted by molar-refractivity contribution is 0.0230. The zero-order valence-electron chi connectivity index (χ0n) is 17.0.